The highest BCUT2D eigenvalue weighted by molar-refractivity contribution is 5.90. The van der Waals surface area contributed by atoms with Crippen LogP contribution in [0.25, 0.3) is 11.6 Å². The Morgan fingerprint density at radius 1 is 1.11 bits per heavy atom. The van der Waals surface area contributed by atoms with Crippen LogP contribution in [0.15, 0.2) is 51.6 Å². The van der Waals surface area contributed by atoms with Crippen molar-refractivity contribution in [2.75, 3.05) is 5.32 Å². The summed E-state index contributed by atoms with van der Waals surface area (Å²) in [6, 6.07) is 10.8. The van der Waals surface area contributed by atoms with Crippen molar-refractivity contribution in [3.05, 3.63) is 54.1 Å². The van der Waals surface area contributed by atoms with Gasteiger partial charge in [-0.2, -0.15) is 4.98 Å². The van der Waals surface area contributed by atoms with Gasteiger partial charge in [-0.05, 0) is 43.7 Å². The molecule has 0 aliphatic rings. The SMILES string of the molecule is CC(C)NC(=O)Cc1ccc(NC(=O)CCc2nc(-c3ccco3)no2)cc1. The monoisotopic (exact) mass is 382 g/mol. The van der Waals surface area contributed by atoms with Gasteiger partial charge in [-0.25, -0.2) is 0 Å². The lowest BCUT2D eigenvalue weighted by Crippen LogP contribution is -2.31. The van der Waals surface area contributed by atoms with Crippen LogP contribution in [0.5, 0.6) is 0 Å². The predicted molar refractivity (Wildman–Crippen MR) is 102 cm³/mol. The van der Waals surface area contributed by atoms with Crippen molar-refractivity contribution in [2.45, 2.75) is 39.2 Å². The molecule has 0 aliphatic heterocycles. The number of carbonyl (C=O) groups excluding carboxylic acids is 2. The lowest BCUT2D eigenvalue weighted by Gasteiger charge is -2.09. The Morgan fingerprint density at radius 3 is 2.57 bits per heavy atom. The van der Waals surface area contributed by atoms with Gasteiger partial charge in [0, 0.05) is 24.6 Å². The van der Waals surface area contributed by atoms with Crippen LogP contribution in [0, 0.1) is 0 Å². The molecule has 0 spiro atoms. The van der Waals surface area contributed by atoms with Gasteiger partial charge in [-0.3, -0.25) is 9.59 Å². The third kappa shape index (κ3) is 5.54. The van der Waals surface area contributed by atoms with Gasteiger partial charge in [0.1, 0.15) is 0 Å². The van der Waals surface area contributed by atoms with Gasteiger partial charge < -0.3 is 19.6 Å². The molecule has 0 radical (unpaired) electrons. The van der Waals surface area contributed by atoms with Crippen LogP contribution < -0.4 is 10.6 Å². The molecule has 2 N–H and O–H groups in total. The fourth-order valence-corrected chi connectivity index (χ4v) is 2.57. The van der Waals surface area contributed by atoms with Crippen LogP contribution in [-0.2, 0) is 22.4 Å². The second kappa shape index (κ2) is 8.98. The van der Waals surface area contributed by atoms with Crippen LogP contribution in [-0.4, -0.2) is 28.0 Å². The molecule has 2 aromatic heterocycles. The average molecular weight is 382 g/mol. The first kappa shape index (κ1) is 19.3. The Labute approximate surface area is 162 Å². The van der Waals surface area contributed by atoms with Crippen LogP contribution in [0.4, 0.5) is 5.69 Å². The molecule has 2 amide bonds. The van der Waals surface area contributed by atoms with Gasteiger partial charge in [0.25, 0.3) is 0 Å². The summed E-state index contributed by atoms with van der Waals surface area (Å²) < 4.78 is 10.3. The van der Waals surface area contributed by atoms with E-state index in [1.807, 2.05) is 26.0 Å². The smallest absolute Gasteiger partial charge is 0.238 e. The predicted octanol–water partition coefficient (Wildman–Crippen LogP) is 2.97. The number of nitrogens with zero attached hydrogens (tertiary/aromatic N) is 2. The second-order valence-electron chi connectivity index (χ2n) is 6.63. The number of amides is 2. The minimum atomic E-state index is -0.164. The number of furan rings is 1. The second-order valence-corrected chi connectivity index (χ2v) is 6.63. The minimum Gasteiger partial charge on any atom is -0.461 e. The van der Waals surface area contributed by atoms with E-state index in [0.29, 0.717) is 36.0 Å². The van der Waals surface area contributed by atoms with E-state index in [-0.39, 0.29) is 24.3 Å². The number of anilines is 1. The molecule has 8 heteroatoms. The maximum Gasteiger partial charge on any atom is 0.238 e. The van der Waals surface area contributed by atoms with Gasteiger partial charge in [-0.15, -0.1) is 0 Å². The molecule has 28 heavy (non-hydrogen) atoms. The number of aryl methyl sites for hydroxylation is 1. The van der Waals surface area contributed by atoms with E-state index in [4.69, 9.17) is 8.94 Å². The lowest BCUT2D eigenvalue weighted by molar-refractivity contribution is -0.121. The molecule has 0 unspecified atom stereocenters. The number of hydrogen-bond donors (Lipinski definition) is 2. The molecule has 8 nitrogen and oxygen atoms in total. The first-order valence-corrected chi connectivity index (χ1v) is 9.04. The van der Waals surface area contributed by atoms with Crippen LogP contribution in [0.3, 0.4) is 0 Å². The number of hydrogen-bond acceptors (Lipinski definition) is 6. The van der Waals surface area contributed by atoms with Crippen LogP contribution >= 0.6 is 0 Å². The van der Waals surface area contributed by atoms with Crippen molar-refractivity contribution < 1.29 is 18.5 Å². The Hall–Kier alpha value is -3.42. The number of nitrogens with one attached hydrogen (secondary N) is 2. The van der Waals surface area contributed by atoms with E-state index in [0.717, 1.165) is 5.56 Å². The van der Waals surface area contributed by atoms with Crippen molar-refractivity contribution in [1.82, 2.24) is 15.5 Å². The molecular formula is C20H22N4O4. The first-order chi connectivity index (χ1) is 13.5. The summed E-state index contributed by atoms with van der Waals surface area (Å²) in [6.45, 7) is 3.84. The fraction of sp³-hybridized carbons (Fsp3) is 0.300. The summed E-state index contributed by atoms with van der Waals surface area (Å²) in [5.41, 5.74) is 1.55. The normalized spacial score (nSPS) is 10.8. The molecule has 0 saturated heterocycles. The van der Waals surface area contributed by atoms with E-state index in [9.17, 15) is 9.59 Å². The van der Waals surface area contributed by atoms with Gasteiger partial charge in [-0.1, -0.05) is 17.3 Å². The molecule has 1 aromatic carbocycles. The molecule has 146 valence electrons. The quantitative estimate of drug-likeness (QED) is 0.620. The van der Waals surface area contributed by atoms with Crippen molar-refractivity contribution >= 4 is 17.5 Å². The van der Waals surface area contributed by atoms with E-state index >= 15 is 0 Å². The molecule has 0 bridgehead atoms. The van der Waals surface area contributed by atoms with Crippen molar-refractivity contribution in [2.24, 2.45) is 0 Å². The molecule has 0 saturated carbocycles. The molecule has 3 rings (SSSR count). The Bertz CT molecular complexity index is 914. The molecule has 0 aliphatic carbocycles. The highest BCUT2D eigenvalue weighted by atomic mass is 16.5. The number of aromatic nitrogens is 2. The number of rotatable bonds is 8. The lowest BCUT2D eigenvalue weighted by atomic mass is 10.1. The third-order valence-corrected chi connectivity index (χ3v) is 3.83. The number of benzene rings is 1. The van der Waals surface area contributed by atoms with E-state index in [1.165, 1.54) is 6.26 Å². The van der Waals surface area contributed by atoms with E-state index in [1.54, 1.807) is 24.3 Å². The molecule has 0 atom stereocenters. The zero-order valence-corrected chi connectivity index (χ0v) is 15.8. The summed E-state index contributed by atoms with van der Waals surface area (Å²) in [6.07, 6.45) is 2.37. The van der Waals surface area contributed by atoms with Crippen molar-refractivity contribution in [1.29, 1.82) is 0 Å². The molecule has 3 aromatic rings. The minimum absolute atomic E-state index is 0.0275. The van der Waals surface area contributed by atoms with Crippen molar-refractivity contribution in [3.63, 3.8) is 0 Å². The topological polar surface area (TPSA) is 110 Å². The Kier molecular flexibility index (Phi) is 6.21. The maximum atomic E-state index is 12.1. The zero-order valence-electron chi connectivity index (χ0n) is 15.8. The highest BCUT2D eigenvalue weighted by Gasteiger charge is 2.12. The van der Waals surface area contributed by atoms with Crippen LogP contribution in [0.2, 0.25) is 0 Å². The molecular weight excluding hydrogens is 360 g/mol. The third-order valence-electron chi connectivity index (χ3n) is 3.83. The standard InChI is InChI=1S/C20H22N4O4/c1-13(2)21-18(26)12-14-5-7-15(8-6-14)22-17(25)9-10-19-23-20(24-28-19)16-4-3-11-27-16/h3-8,11,13H,9-10,12H2,1-2H3,(H,21,26)(H,22,25). The van der Waals surface area contributed by atoms with Crippen LogP contribution in [0.1, 0.15) is 31.7 Å². The van der Waals surface area contributed by atoms with Gasteiger partial charge in [0.05, 0.1) is 12.7 Å². The van der Waals surface area contributed by atoms with Gasteiger partial charge in [0.2, 0.25) is 23.5 Å². The summed E-state index contributed by atoms with van der Waals surface area (Å²) in [5.74, 6) is 1.05. The molecule has 2 heterocycles. The Morgan fingerprint density at radius 2 is 1.89 bits per heavy atom. The van der Waals surface area contributed by atoms with E-state index < -0.39 is 0 Å². The fourth-order valence-electron chi connectivity index (χ4n) is 2.57. The van der Waals surface area contributed by atoms with Crippen molar-refractivity contribution in [3.8, 4) is 11.6 Å². The average Bonchev–Trinajstić information content (AvgIpc) is 3.32. The number of carbonyl (C=O) groups is 2. The summed E-state index contributed by atoms with van der Waals surface area (Å²) in [4.78, 5) is 28.1. The molecule has 0 fully saturated rings. The first-order valence-electron chi connectivity index (χ1n) is 9.04. The largest absolute Gasteiger partial charge is 0.461 e. The zero-order chi connectivity index (χ0) is 19.9. The highest BCUT2D eigenvalue weighted by Crippen LogP contribution is 2.16. The summed E-state index contributed by atoms with van der Waals surface area (Å²) >= 11 is 0. The van der Waals surface area contributed by atoms with E-state index in [2.05, 4.69) is 20.8 Å². The summed E-state index contributed by atoms with van der Waals surface area (Å²) in [7, 11) is 0. The van der Waals surface area contributed by atoms with Gasteiger partial charge >= 0.3 is 0 Å². The maximum absolute atomic E-state index is 12.1. The summed E-state index contributed by atoms with van der Waals surface area (Å²) in [5, 5.41) is 9.49. The Balaban J connectivity index is 1.46. The van der Waals surface area contributed by atoms with Gasteiger partial charge in [0.15, 0.2) is 5.76 Å².